The summed E-state index contributed by atoms with van der Waals surface area (Å²) in [6, 6.07) is 1.51. The van der Waals surface area contributed by atoms with Gasteiger partial charge in [-0.1, -0.05) is 5.16 Å². The molecule has 1 saturated heterocycles. The molecule has 0 atom stereocenters. The van der Waals surface area contributed by atoms with Crippen LogP contribution in [0, 0.1) is 6.92 Å². The average molecular weight is 342 g/mol. The maximum absolute atomic E-state index is 12.3. The molecular formula is C15H18N8O2. The lowest BCUT2D eigenvalue weighted by atomic mass is 10.3. The third-order valence-corrected chi connectivity index (χ3v) is 4.24. The molecule has 4 heterocycles. The number of hydrogen-bond acceptors (Lipinski definition) is 7. The molecule has 0 radical (unpaired) electrons. The number of nitrogens with one attached hydrogen (secondary N) is 1. The van der Waals surface area contributed by atoms with Crippen LogP contribution in [0.15, 0.2) is 23.1 Å². The summed E-state index contributed by atoms with van der Waals surface area (Å²) in [6.45, 7) is 4.34. The van der Waals surface area contributed by atoms with Crippen LogP contribution in [0.4, 0.5) is 16.4 Å². The highest BCUT2D eigenvalue weighted by molar-refractivity contribution is 5.89. The second-order valence-corrected chi connectivity index (χ2v) is 5.93. The van der Waals surface area contributed by atoms with Crippen molar-refractivity contribution in [1.82, 2.24) is 29.8 Å². The molecule has 4 rings (SSSR count). The molecule has 3 aromatic rings. The number of aromatic nitrogens is 5. The van der Waals surface area contributed by atoms with Crippen molar-refractivity contribution in [3.05, 3.63) is 24.4 Å². The van der Waals surface area contributed by atoms with Crippen LogP contribution in [0.5, 0.6) is 0 Å². The van der Waals surface area contributed by atoms with Gasteiger partial charge in [-0.2, -0.15) is 5.10 Å². The Morgan fingerprint density at radius 3 is 2.76 bits per heavy atom. The van der Waals surface area contributed by atoms with Gasteiger partial charge >= 0.3 is 6.03 Å². The quantitative estimate of drug-likeness (QED) is 0.741. The Morgan fingerprint density at radius 1 is 1.24 bits per heavy atom. The van der Waals surface area contributed by atoms with Crippen LogP contribution >= 0.6 is 0 Å². The predicted molar refractivity (Wildman–Crippen MR) is 90.3 cm³/mol. The summed E-state index contributed by atoms with van der Waals surface area (Å²) in [7, 11) is 1.85. The Morgan fingerprint density at radius 2 is 2.04 bits per heavy atom. The van der Waals surface area contributed by atoms with Crippen molar-refractivity contribution in [2.75, 3.05) is 36.4 Å². The van der Waals surface area contributed by atoms with Crippen LogP contribution in [0.2, 0.25) is 0 Å². The molecular weight excluding hydrogens is 324 g/mol. The lowest BCUT2D eigenvalue weighted by Gasteiger charge is -2.35. The van der Waals surface area contributed by atoms with E-state index in [1.807, 2.05) is 7.05 Å². The molecule has 1 fully saturated rings. The molecule has 10 nitrogen and oxygen atoms in total. The van der Waals surface area contributed by atoms with Crippen LogP contribution in [-0.2, 0) is 7.05 Å². The smallest absolute Gasteiger partial charge is 0.323 e. The van der Waals surface area contributed by atoms with Gasteiger partial charge < -0.3 is 14.3 Å². The van der Waals surface area contributed by atoms with E-state index in [1.165, 1.54) is 0 Å². The van der Waals surface area contributed by atoms with Gasteiger partial charge in [0.25, 0.3) is 0 Å². The van der Waals surface area contributed by atoms with E-state index in [4.69, 9.17) is 4.52 Å². The van der Waals surface area contributed by atoms with E-state index in [-0.39, 0.29) is 6.03 Å². The SMILES string of the molecule is Cc1cc(NC(=O)N2CCN(c3ncnc4c3cnn4C)CC2)no1. The summed E-state index contributed by atoms with van der Waals surface area (Å²) >= 11 is 0. The van der Waals surface area contributed by atoms with Gasteiger partial charge in [0.15, 0.2) is 11.5 Å². The van der Waals surface area contributed by atoms with Gasteiger partial charge in [0.1, 0.15) is 17.9 Å². The van der Waals surface area contributed by atoms with Gasteiger partial charge in [0.05, 0.1) is 11.6 Å². The largest absolute Gasteiger partial charge is 0.360 e. The third kappa shape index (κ3) is 2.86. The van der Waals surface area contributed by atoms with Crippen LogP contribution in [-0.4, -0.2) is 62.0 Å². The Hall–Kier alpha value is -3.17. The Labute approximate surface area is 143 Å². The highest BCUT2D eigenvalue weighted by atomic mass is 16.5. The van der Waals surface area contributed by atoms with Crippen molar-refractivity contribution < 1.29 is 9.32 Å². The van der Waals surface area contributed by atoms with E-state index in [1.54, 1.807) is 35.1 Å². The lowest BCUT2D eigenvalue weighted by molar-refractivity contribution is 0.208. The highest BCUT2D eigenvalue weighted by Crippen LogP contribution is 2.23. The standard InChI is InChI=1S/C15H18N8O2/c1-10-7-12(20-25-10)19-15(24)23-5-3-22(4-6-23)14-11-8-18-21(2)13(11)16-9-17-14/h7-9H,3-6H2,1-2H3,(H,19,20,24). The first kappa shape index (κ1) is 15.4. The van der Waals surface area contributed by atoms with Gasteiger partial charge in [-0.15, -0.1) is 0 Å². The van der Waals surface area contributed by atoms with E-state index >= 15 is 0 Å². The van der Waals surface area contributed by atoms with Gasteiger partial charge in [0.2, 0.25) is 0 Å². The van der Waals surface area contributed by atoms with Crippen molar-refractivity contribution in [3.8, 4) is 0 Å². The van der Waals surface area contributed by atoms with Gasteiger partial charge in [-0.05, 0) is 6.92 Å². The maximum Gasteiger partial charge on any atom is 0.323 e. The second-order valence-electron chi connectivity index (χ2n) is 5.93. The molecule has 2 amide bonds. The molecule has 0 aliphatic carbocycles. The zero-order valence-corrected chi connectivity index (χ0v) is 14.0. The number of rotatable bonds is 2. The average Bonchev–Trinajstić information content (AvgIpc) is 3.21. The van der Waals surface area contributed by atoms with E-state index in [2.05, 4.69) is 30.4 Å². The molecule has 0 spiro atoms. The summed E-state index contributed by atoms with van der Waals surface area (Å²) in [5.41, 5.74) is 0.798. The number of fused-ring (bicyclic) bond motifs is 1. The number of nitrogens with zero attached hydrogens (tertiary/aromatic N) is 7. The summed E-state index contributed by atoms with van der Waals surface area (Å²) in [5, 5.41) is 11.7. The first-order valence-electron chi connectivity index (χ1n) is 7.99. The minimum absolute atomic E-state index is 0.179. The zero-order valence-electron chi connectivity index (χ0n) is 14.0. The van der Waals surface area contributed by atoms with Crippen LogP contribution in [0.1, 0.15) is 5.76 Å². The summed E-state index contributed by atoms with van der Waals surface area (Å²) in [6.07, 6.45) is 3.32. The van der Waals surface area contributed by atoms with Crippen LogP contribution in [0.3, 0.4) is 0 Å². The summed E-state index contributed by atoms with van der Waals surface area (Å²) in [5.74, 6) is 1.94. The van der Waals surface area contributed by atoms with Crippen molar-refractivity contribution in [2.45, 2.75) is 6.92 Å². The number of anilines is 2. The maximum atomic E-state index is 12.3. The number of piperazine rings is 1. The monoisotopic (exact) mass is 342 g/mol. The topological polar surface area (TPSA) is 105 Å². The summed E-state index contributed by atoms with van der Waals surface area (Å²) < 4.78 is 6.68. The Balaban J connectivity index is 1.43. The molecule has 1 N–H and O–H groups in total. The van der Waals surface area contributed by atoms with Crippen molar-refractivity contribution in [3.63, 3.8) is 0 Å². The van der Waals surface area contributed by atoms with E-state index in [0.29, 0.717) is 37.8 Å². The number of carbonyl (C=O) groups excluding carboxylic acids is 1. The third-order valence-electron chi connectivity index (χ3n) is 4.24. The molecule has 3 aromatic heterocycles. The lowest BCUT2D eigenvalue weighted by Crippen LogP contribution is -2.50. The normalized spacial score (nSPS) is 15.0. The van der Waals surface area contributed by atoms with Crippen LogP contribution in [0.25, 0.3) is 11.0 Å². The fourth-order valence-corrected chi connectivity index (χ4v) is 2.94. The van der Waals surface area contributed by atoms with Gasteiger partial charge in [0, 0.05) is 39.3 Å². The van der Waals surface area contributed by atoms with Crippen molar-refractivity contribution >= 4 is 28.7 Å². The van der Waals surface area contributed by atoms with Gasteiger partial charge in [-0.25, -0.2) is 14.8 Å². The van der Waals surface area contributed by atoms with E-state index in [9.17, 15) is 4.79 Å². The zero-order chi connectivity index (χ0) is 17.4. The molecule has 0 aromatic carbocycles. The highest BCUT2D eigenvalue weighted by Gasteiger charge is 2.24. The minimum Gasteiger partial charge on any atom is -0.360 e. The predicted octanol–water partition coefficient (Wildman–Crippen LogP) is 1.01. The number of urea groups is 1. The fourth-order valence-electron chi connectivity index (χ4n) is 2.94. The summed E-state index contributed by atoms with van der Waals surface area (Å²) in [4.78, 5) is 24.9. The van der Waals surface area contributed by atoms with Crippen molar-refractivity contribution in [2.24, 2.45) is 7.05 Å². The van der Waals surface area contributed by atoms with Crippen LogP contribution < -0.4 is 10.2 Å². The number of aryl methyl sites for hydroxylation is 2. The Kier molecular flexibility index (Phi) is 3.71. The van der Waals surface area contributed by atoms with E-state index in [0.717, 1.165) is 16.9 Å². The molecule has 10 heteroatoms. The molecule has 1 aliphatic heterocycles. The molecule has 25 heavy (non-hydrogen) atoms. The molecule has 1 aliphatic rings. The molecule has 0 saturated carbocycles. The molecule has 0 unspecified atom stereocenters. The number of amides is 2. The number of hydrogen-bond donors (Lipinski definition) is 1. The first-order chi connectivity index (χ1) is 12.1. The van der Waals surface area contributed by atoms with E-state index < -0.39 is 0 Å². The Bertz CT molecular complexity index is 909. The molecule has 130 valence electrons. The minimum atomic E-state index is -0.179. The second kappa shape index (κ2) is 6.04. The van der Waals surface area contributed by atoms with Crippen molar-refractivity contribution in [1.29, 1.82) is 0 Å². The molecule has 0 bridgehead atoms. The first-order valence-corrected chi connectivity index (χ1v) is 7.99. The number of carbonyl (C=O) groups is 1. The fraction of sp³-hybridized carbons (Fsp3) is 0.400. The van der Waals surface area contributed by atoms with Gasteiger partial charge in [-0.3, -0.25) is 10.00 Å².